The summed E-state index contributed by atoms with van der Waals surface area (Å²) in [4.78, 5) is 26.2. The molecule has 7 heteroatoms. The van der Waals surface area contributed by atoms with Gasteiger partial charge in [0.2, 0.25) is 5.91 Å². The van der Waals surface area contributed by atoms with Crippen LogP contribution < -0.4 is 5.32 Å². The zero-order valence-electron chi connectivity index (χ0n) is 10.7. The average Bonchev–Trinajstić information content (AvgIpc) is 2.89. The molecular weight excluding hydrogens is 248 g/mol. The first-order valence-corrected chi connectivity index (χ1v) is 6.47. The number of carboxylic acid groups (broad SMARTS) is 1. The molecule has 0 aliphatic heterocycles. The maximum atomic E-state index is 11.6. The third-order valence-electron chi connectivity index (χ3n) is 3.56. The van der Waals surface area contributed by atoms with Crippen LogP contribution in [-0.2, 0) is 16.1 Å². The molecule has 7 nitrogen and oxygen atoms in total. The standard InChI is InChI=1S/C12H18N4O3/c17-11(6-16-8-13-7-15-16)14-5-9-1-3-10(4-2-9)12(18)19/h7-10H,1-6H2,(H,14,17)(H,18,19). The van der Waals surface area contributed by atoms with Crippen molar-refractivity contribution in [3.05, 3.63) is 12.7 Å². The largest absolute Gasteiger partial charge is 0.481 e. The molecule has 1 amide bonds. The van der Waals surface area contributed by atoms with Crippen LogP contribution in [0.15, 0.2) is 12.7 Å². The van der Waals surface area contributed by atoms with Gasteiger partial charge in [-0.3, -0.25) is 9.59 Å². The Balaban J connectivity index is 1.66. The minimum absolute atomic E-state index is 0.0918. The molecule has 0 spiro atoms. The Bertz CT molecular complexity index is 424. The van der Waals surface area contributed by atoms with Crippen molar-refractivity contribution in [2.24, 2.45) is 11.8 Å². The van der Waals surface area contributed by atoms with E-state index in [-0.39, 0.29) is 18.4 Å². The van der Waals surface area contributed by atoms with E-state index in [1.165, 1.54) is 17.3 Å². The predicted octanol–water partition coefficient (Wildman–Crippen LogP) is 0.285. The molecule has 0 saturated heterocycles. The van der Waals surface area contributed by atoms with Gasteiger partial charge in [0.15, 0.2) is 0 Å². The summed E-state index contributed by atoms with van der Waals surface area (Å²) in [6.45, 7) is 0.782. The summed E-state index contributed by atoms with van der Waals surface area (Å²) in [5.74, 6) is -0.614. The molecular formula is C12H18N4O3. The van der Waals surface area contributed by atoms with Gasteiger partial charge in [-0.2, -0.15) is 5.10 Å². The number of amides is 1. The monoisotopic (exact) mass is 266 g/mol. The number of nitrogens with zero attached hydrogens (tertiary/aromatic N) is 3. The summed E-state index contributed by atoms with van der Waals surface area (Å²) in [6.07, 6.45) is 6.02. The number of nitrogens with one attached hydrogen (secondary N) is 1. The lowest BCUT2D eigenvalue weighted by molar-refractivity contribution is -0.143. The lowest BCUT2D eigenvalue weighted by atomic mass is 9.82. The number of carbonyl (C=O) groups is 2. The van der Waals surface area contributed by atoms with Crippen molar-refractivity contribution < 1.29 is 14.7 Å². The summed E-state index contributed by atoms with van der Waals surface area (Å²) >= 11 is 0. The number of hydrogen-bond donors (Lipinski definition) is 2. The van der Waals surface area contributed by atoms with E-state index in [2.05, 4.69) is 15.4 Å². The van der Waals surface area contributed by atoms with E-state index in [0.29, 0.717) is 25.3 Å². The minimum atomic E-state index is -0.700. The number of aliphatic carboxylic acids is 1. The van der Waals surface area contributed by atoms with Crippen LogP contribution in [0, 0.1) is 11.8 Å². The molecule has 1 aliphatic carbocycles. The highest BCUT2D eigenvalue weighted by atomic mass is 16.4. The molecule has 0 atom stereocenters. The van der Waals surface area contributed by atoms with Crippen molar-refractivity contribution in [2.75, 3.05) is 6.54 Å². The average molecular weight is 266 g/mol. The smallest absolute Gasteiger partial charge is 0.306 e. The Hall–Kier alpha value is -1.92. The fourth-order valence-electron chi connectivity index (χ4n) is 2.39. The summed E-state index contributed by atoms with van der Waals surface area (Å²) in [5, 5.41) is 15.6. The zero-order chi connectivity index (χ0) is 13.7. The number of hydrogen-bond acceptors (Lipinski definition) is 4. The molecule has 1 fully saturated rings. The number of rotatable bonds is 5. The van der Waals surface area contributed by atoms with Crippen LogP contribution in [0.3, 0.4) is 0 Å². The van der Waals surface area contributed by atoms with E-state index in [4.69, 9.17) is 5.11 Å². The van der Waals surface area contributed by atoms with Gasteiger partial charge >= 0.3 is 5.97 Å². The normalized spacial score (nSPS) is 22.9. The van der Waals surface area contributed by atoms with Gasteiger partial charge in [-0.25, -0.2) is 9.67 Å². The van der Waals surface area contributed by atoms with Crippen molar-refractivity contribution in [3.8, 4) is 0 Å². The van der Waals surface area contributed by atoms with Gasteiger partial charge < -0.3 is 10.4 Å². The highest BCUT2D eigenvalue weighted by Gasteiger charge is 2.25. The predicted molar refractivity (Wildman–Crippen MR) is 66.1 cm³/mol. The summed E-state index contributed by atoms with van der Waals surface area (Å²) in [5.41, 5.74) is 0. The van der Waals surface area contributed by atoms with Gasteiger partial charge in [0, 0.05) is 6.54 Å². The fourth-order valence-corrected chi connectivity index (χ4v) is 2.39. The van der Waals surface area contributed by atoms with Gasteiger partial charge in [0.25, 0.3) is 0 Å². The van der Waals surface area contributed by atoms with Crippen LogP contribution in [0.2, 0.25) is 0 Å². The first kappa shape index (κ1) is 13.5. The summed E-state index contributed by atoms with van der Waals surface area (Å²) < 4.78 is 1.47. The summed E-state index contributed by atoms with van der Waals surface area (Å²) in [7, 11) is 0. The van der Waals surface area contributed by atoms with Crippen LogP contribution >= 0.6 is 0 Å². The highest BCUT2D eigenvalue weighted by molar-refractivity contribution is 5.75. The topological polar surface area (TPSA) is 97.1 Å². The molecule has 2 N–H and O–H groups in total. The molecule has 1 saturated carbocycles. The van der Waals surface area contributed by atoms with Crippen LogP contribution in [0.4, 0.5) is 0 Å². The molecule has 1 heterocycles. The molecule has 0 radical (unpaired) electrons. The molecule has 1 aromatic rings. The van der Waals surface area contributed by atoms with Crippen molar-refractivity contribution >= 4 is 11.9 Å². The number of carbonyl (C=O) groups excluding carboxylic acids is 1. The lowest BCUT2D eigenvalue weighted by Crippen LogP contribution is -2.34. The van der Waals surface area contributed by atoms with Gasteiger partial charge in [0.1, 0.15) is 19.2 Å². The van der Waals surface area contributed by atoms with E-state index in [1.54, 1.807) is 0 Å². The molecule has 104 valence electrons. The Labute approximate surface area is 111 Å². The van der Waals surface area contributed by atoms with Gasteiger partial charge in [-0.05, 0) is 31.6 Å². The summed E-state index contributed by atoms with van der Waals surface area (Å²) in [6, 6.07) is 0. The van der Waals surface area contributed by atoms with Crippen molar-refractivity contribution in [3.63, 3.8) is 0 Å². The Morgan fingerprint density at radius 1 is 1.32 bits per heavy atom. The van der Waals surface area contributed by atoms with E-state index >= 15 is 0 Å². The van der Waals surface area contributed by atoms with Crippen LogP contribution in [-0.4, -0.2) is 38.3 Å². The van der Waals surface area contributed by atoms with Crippen LogP contribution in [0.25, 0.3) is 0 Å². The molecule has 0 aromatic carbocycles. The van der Waals surface area contributed by atoms with Crippen molar-refractivity contribution in [1.29, 1.82) is 0 Å². The first-order valence-electron chi connectivity index (χ1n) is 6.47. The second-order valence-electron chi connectivity index (χ2n) is 4.95. The third-order valence-corrected chi connectivity index (χ3v) is 3.56. The molecule has 0 bridgehead atoms. The minimum Gasteiger partial charge on any atom is -0.481 e. The Kier molecular flexibility index (Phi) is 4.48. The van der Waals surface area contributed by atoms with Gasteiger partial charge in [-0.15, -0.1) is 0 Å². The molecule has 2 rings (SSSR count). The molecule has 0 unspecified atom stereocenters. The maximum absolute atomic E-state index is 11.6. The first-order chi connectivity index (χ1) is 9.15. The van der Waals surface area contributed by atoms with E-state index in [1.807, 2.05) is 0 Å². The van der Waals surface area contributed by atoms with Crippen LogP contribution in [0.5, 0.6) is 0 Å². The highest BCUT2D eigenvalue weighted by Crippen LogP contribution is 2.28. The number of aromatic nitrogens is 3. The number of carboxylic acids is 1. The maximum Gasteiger partial charge on any atom is 0.306 e. The van der Waals surface area contributed by atoms with E-state index in [0.717, 1.165) is 12.8 Å². The Morgan fingerprint density at radius 2 is 2.05 bits per heavy atom. The zero-order valence-corrected chi connectivity index (χ0v) is 10.7. The van der Waals surface area contributed by atoms with E-state index in [9.17, 15) is 9.59 Å². The molecule has 19 heavy (non-hydrogen) atoms. The van der Waals surface area contributed by atoms with Crippen molar-refractivity contribution in [2.45, 2.75) is 32.2 Å². The van der Waals surface area contributed by atoms with Crippen LogP contribution in [0.1, 0.15) is 25.7 Å². The quantitative estimate of drug-likeness (QED) is 0.798. The third kappa shape index (κ3) is 4.04. The SMILES string of the molecule is O=C(Cn1cncn1)NCC1CCC(C(=O)O)CC1. The lowest BCUT2D eigenvalue weighted by Gasteiger charge is -2.26. The van der Waals surface area contributed by atoms with Gasteiger partial charge in [0.05, 0.1) is 5.92 Å². The second-order valence-corrected chi connectivity index (χ2v) is 4.95. The Morgan fingerprint density at radius 3 is 2.63 bits per heavy atom. The van der Waals surface area contributed by atoms with E-state index < -0.39 is 5.97 Å². The van der Waals surface area contributed by atoms with Gasteiger partial charge in [-0.1, -0.05) is 0 Å². The second kappa shape index (κ2) is 6.31. The van der Waals surface area contributed by atoms with Crippen molar-refractivity contribution in [1.82, 2.24) is 20.1 Å². The molecule has 1 aromatic heterocycles. The fraction of sp³-hybridized carbons (Fsp3) is 0.667. The molecule has 1 aliphatic rings.